The molecule has 0 aliphatic rings. The van der Waals surface area contributed by atoms with Crippen molar-refractivity contribution in [3.63, 3.8) is 0 Å². The van der Waals surface area contributed by atoms with E-state index in [4.69, 9.17) is 14.4 Å². The largest absolute Gasteiger partial charge is 0.451 e. The Morgan fingerprint density at radius 2 is 0.897 bits per heavy atom. The van der Waals surface area contributed by atoms with Crippen LogP contribution in [-0.2, 0) is 0 Å². The summed E-state index contributed by atoms with van der Waals surface area (Å²) in [4.78, 5) is 10.3. The van der Waals surface area contributed by atoms with Crippen molar-refractivity contribution in [3.05, 3.63) is 133 Å². The minimum Gasteiger partial charge on any atom is -0.451 e. The first kappa shape index (κ1) is 21.8. The van der Waals surface area contributed by atoms with Gasteiger partial charge in [-0.1, -0.05) is 133 Å². The lowest BCUT2D eigenvalue weighted by molar-refractivity contribution is 0.671. The van der Waals surface area contributed by atoms with Gasteiger partial charge in [-0.15, -0.1) is 0 Å². The third-order valence-electron chi connectivity index (χ3n) is 7.49. The van der Waals surface area contributed by atoms with E-state index in [0.717, 1.165) is 49.6 Å². The highest BCUT2D eigenvalue weighted by molar-refractivity contribution is 6.30. The third kappa shape index (κ3) is 3.44. The van der Waals surface area contributed by atoms with Gasteiger partial charge in [-0.25, -0.2) is 9.97 Å². The van der Waals surface area contributed by atoms with Crippen LogP contribution in [0.4, 0.5) is 0 Å². The highest BCUT2D eigenvalue weighted by Crippen LogP contribution is 2.43. The SMILES string of the molecule is c1ccc(-c2ccc(-c3nc(-c4ccccc4)c4oc5c6ccccc6c6ccccc6c5c4n3)cc2)cc1. The highest BCUT2D eigenvalue weighted by Gasteiger charge is 2.21. The monoisotopic (exact) mass is 498 g/mol. The van der Waals surface area contributed by atoms with E-state index in [9.17, 15) is 0 Å². The van der Waals surface area contributed by atoms with E-state index >= 15 is 0 Å². The van der Waals surface area contributed by atoms with Crippen LogP contribution in [0.3, 0.4) is 0 Å². The van der Waals surface area contributed by atoms with Crippen LogP contribution in [0.5, 0.6) is 0 Å². The first-order valence-corrected chi connectivity index (χ1v) is 13.1. The van der Waals surface area contributed by atoms with Crippen molar-refractivity contribution in [3.8, 4) is 33.8 Å². The van der Waals surface area contributed by atoms with Gasteiger partial charge < -0.3 is 4.42 Å². The first-order valence-electron chi connectivity index (χ1n) is 13.1. The van der Waals surface area contributed by atoms with Crippen LogP contribution in [0.25, 0.3) is 77.4 Å². The average Bonchev–Trinajstić information content (AvgIpc) is 3.42. The van der Waals surface area contributed by atoms with E-state index in [1.54, 1.807) is 0 Å². The van der Waals surface area contributed by atoms with Gasteiger partial charge in [0.05, 0.1) is 5.39 Å². The fourth-order valence-electron chi connectivity index (χ4n) is 5.63. The average molecular weight is 499 g/mol. The number of furan rings is 1. The molecule has 8 rings (SSSR count). The lowest BCUT2D eigenvalue weighted by atomic mass is 9.98. The number of rotatable bonds is 3. The third-order valence-corrected chi connectivity index (χ3v) is 7.49. The normalized spacial score (nSPS) is 11.6. The summed E-state index contributed by atoms with van der Waals surface area (Å²) in [7, 11) is 0. The van der Waals surface area contributed by atoms with Crippen LogP contribution >= 0.6 is 0 Å². The summed E-state index contributed by atoms with van der Waals surface area (Å²) in [6.07, 6.45) is 0. The van der Waals surface area contributed by atoms with Gasteiger partial charge in [-0.05, 0) is 27.3 Å². The number of hydrogen-bond donors (Lipinski definition) is 0. The van der Waals surface area contributed by atoms with Crippen molar-refractivity contribution in [2.24, 2.45) is 0 Å². The van der Waals surface area contributed by atoms with Crippen LogP contribution in [0.1, 0.15) is 0 Å². The van der Waals surface area contributed by atoms with Gasteiger partial charge in [-0.2, -0.15) is 0 Å². The van der Waals surface area contributed by atoms with E-state index in [0.29, 0.717) is 11.4 Å². The molecule has 0 bridgehead atoms. The summed E-state index contributed by atoms with van der Waals surface area (Å²) in [5.41, 5.74) is 7.51. The number of nitrogens with zero attached hydrogens (tertiary/aromatic N) is 2. The fraction of sp³-hybridized carbons (Fsp3) is 0. The zero-order valence-electron chi connectivity index (χ0n) is 21.0. The Labute approximate surface area is 225 Å². The fourth-order valence-corrected chi connectivity index (χ4v) is 5.63. The molecule has 6 aromatic carbocycles. The number of hydrogen-bond acceptors (Lipinski definition) is 3. The van der Waals surface area contributed by atoms with Crippen LogP contribution in [0.15, 0.2) is 138 Å². The zero-order chi connectivity index (χ0) is 25.8. The molecule has 2 aromatic heterocycles. The topological polar surface area (TPSA) is 38.9 Å². The van der Waals surface area contributed by atoms with E-state index in [1.807, 2.05) is 24.3 Å². The summed E-state index contributed by atoms with van der Waals surface area (Å²) in [5.74, 6) is 0.681. The minimum atomic E-state index is 0.681. The molecule has 3 heteroatoms. The standard InChI is InChI=1S/C36H22N2O/c1-3-11-23(12-4-1)24-19-21-26(22-20-24)36-37-32(25-13-5-2-6-14-25)35-33(38-36)31-29-17-9-7-15-27(29)28-16-8-10-18-30(28)34(31)39-35/h1-22H. The predicted octanol–water partition coefficient (Wildman–Crippen LogP) is 9.68. The van der Waals surface area contributed by atoms with Crippen molar-refractivity contribution in [1.82, 2.24) is 9.97 Å². The van der Waals surface area contributed by atoms with Crippen molar-refractivity contribution < 1.29 is 4.42 Å². The maximum absolute atomic E-state index is 6.70. The Morgan fingerprint density at radius 1 is 0.385 bits per heavy atom. The number of fused-ring (bicyclic) bond motifs is 8. The number of benzene rings is 6. The lowest BCUT2D eigenvalue weighted by Crippen LogP contribution is -1.94. The first-order chi connectivity index (χ1) is 19.3. The molecule has 0 radical (unpaired) electrons. The molecule has 0 aliphatic heterocycles. The van der Waals surface area contributed by atoms with Crippen LogP contribution in [0.2, 0.25) is 0 Å². The molecule has 182 valence electrons. The molecule has 3 nitrogen and oxygen atoms in total. The predicted molar refractivity (Wildman–Crippen MR) is 161 cm³/mol. The molecule has 0 saturated carbocycles. The van der Waals surface area contributed by atoms with Gasteiger partial charge >= 0.3 is 0 Å². The van der Waals surface area contributed by atoms with Crippen molar-refractivity contribution in [2.75, 3.05) is 0 Å². The molecule has 39 heavy (non-hydrogen) atoms. The maximum Gasteiger partial charge on any atom is 0.180 e. The summed E-state index contributed by atoms with van der Waals surface area (Å²) < 4.78 is 6.70. The summed E-state index contributed by atoms with van der Waals surface area (Å²) in [6.45, 7) is 0. The van der Waals surface area contributed by atoms with Gasteiger partial charge in [0.25, 0.3) is 0 Å². The van der Waals surface area contributed by atoms with Crippen molar-refractivity contribution in [2.45, 2.75) is 0 Å². The molecule has 0 N–H and O–H groups in total. The molecule has 0 unspecified atom stereocenters. The summed E-state index contributed by atoms with van der Waals surface area (Å²) in [6, 6.07) is 46.1. The lowest BCUT2D eigenvalue weighted by Gasteiger charge is -2.08. The van der Waals surface area contributed by atoms with E-state index in [1.165, 1.54) is 16.3 Å². The molecule has 0 amide bonds. The Kier molecular flexibility index (Phi) is 4.82. The van der Waals surface area contributed by atoms with Crippen molar-refractivity contribution in [1.29, 1.82) is 0 Å². The second-order valence-corrected chi connectivity index (χ2v) is 9.78. The molecule has 0 saturated heterocycles. The van der Waals surface area contributed by atoms with E-state index in [-0.39, 0.29) is 0 Å². The summed E-state index contributed by atoms with van der Waals surface area (Å²) >= 11 is 0. The molecule has 0 fully saturated rings. The van der Waals surface area contributed by atoms with E-state index < -0.39 is 0 Å². The van der Waals surface area contributed by atoms with Gasteiger partial charge in [0.2, 0.25) is 0 Å². The number of aromatic nitrogens is 2. The van der Waals surface area contributed by atoms with Gasteiger partial charge in [0.15, 0.2) is 11.4 Å². The quantitative estimate of drug-likeness (QED) is 0.228. The Hall–Kier alpha value is -5.28. The molecule has 0 atom stereocenters. The second kappa shape index (κ2) is 8.64. The van der Waals surface area contributed by atoms with Gasteiger partial charge in [-0.3, -0.25) is 0 Å². The van der Waals surface area contributed by atoms with Crippen LogP contribution in [-0.4, -0.2) is 9.97 Å². The van der Waals surface area contributed by atoms with Crippen LogP contribution in [0, 0.1) is 0 Å². The van der Waals surface area contributed by atoms with E-state index in [2.05, 4.69) is 109 Å². The molecular weight excluding hydrogens is 476 g/mol. The molecule has 8 aromatic rings. The van der Waals surface area contributed by atoms with Gasteiger partial charge in [0, 0.05) is 16.5 Å². The molecule has 2 heterocycles. The van der Waals surface area contributed by atoms with Gasteiger partial charge in [0.1, 0.15) is 16.8 Å². The Balaban J connectivity index is 1.46. The Bertz CT molecular complexity index is 2150. The van der Waals surface area contributed by atoms with Crippen LogP contribution < -0.4 is 0 Å². The second-order valence-electron chi connectivity index (χ2n) is 9.78. The minimum absolute atomic E-state index is 0.681. The van der Waals surface area contributed by atoms with Crippen molar-refractivity contribution >= 4 is 43.6 Å². The molecule has 0 spiro atoms. The smallest absolute Gasteiger partial charge is 0.180 e. The maximum atomic E-state index is 6.70. The molecule has 0 aliphatic carbocycles. The molecular formula is C36H22N2O. The highest BCUT2D eigenvalue weighted by atomic mass is 16.3. The Morgan fingerprint density at radius 3 is 1.59 bits per heavy atom. The summed E-state index contributed by atoms with van der Waals surface area (Å²) in [5, 5.41) is 5.61. The zero-order valence-corrected chi connectivity index (χ0v) is 21.0.